The lowest BCUT2D eigenvalue weighted by Crippen LogP contribution is -2.26. The molecule has 0 unspecified atom stereocenters. The van der Waals surface area contributed by atoms with Crippen LogP contribution in [0.2, 0.25) is 0 Å². The standard InChI is InChI=1S/C21H19N3O2S/c1-4-11-22-19(25)13-27-21-23-18-8-6-5-7-17(18)20(26)24(21)16-10-9-14(2)15(3)12-16/h1,5-10,12H,11,13H2,2-3H3,(H,22,25). The molecule has 1 N–H and O–H groups in total. The molecule has 0 saturated heterocycles. The van der Waals surface area contributed by atoms with Crippen LogP contribution in [0.25, 0.3) is 16.6 Å². The second kappa shape index (κ2) is 8.11. The molecular formula is C21H19N3O2S. The number of hydrogen-bond acceptors (Lipinski definition) is 4. The summed E-state index contributed by atoms with van der Waals surface area (Å²) in [5.41, 5.74) is 3.40. The maximum Gasteiger partial charge on any atom is 0.266 e. The van der Waals surface area contributed by atoms with Crippen LogP contribution >= 0.6 is 11.8 Å². The van der Waals surface area contributed by atoms with Crippen molar-refractivity contribution in [3.05, 3.63) is 63.9 Å². The highest BCUT2D eigenvalue weighted by Crippen LogP contribution is 2.22. The van der Waals surface area contributed by atoms with Crippen LogP contribution < -0.4 is 10.9 Å². The van der Waals surface area contributed by atoms with Gasteiger partial charge in [-0.2, -0.15) is 0 Å². The number of fused-ring (bicyclic) bond motifs is 1. The summed E-state index contributed by atoms with van der Waals surface area (Å²) in [7, 11) is 0. The van der Waals surface area contributed by atoms with Gasteiger partial charge < -0.3 is 5.32 Å². The van der Waals surface area contributed by atoms with Crippen molar-refractivity contribution in [1.29, 1.82) is 0 Å². The number of rotatable bonds is 5. The van der Waals surface area contributed by atoms with Gasteiger partial charge in [0.25, 0.3) is 5.56 Å². The first-order chi connectivity index (χ1) is 13.0. The van der Waals surface area contributed by atoms with Crippen LogP contribution in [0.4, 0.5) is 0 Å². The molecule has 136 valence electrons. The molecule has 1 heterocycles. The van der Waals surface area contributed by atoms with E-state index in [2.05, 4.69) is 16.2 Å². The van der Waals surface area contributed by atoms with Gasteiger partial charge in [-0.1, -0.05) is 35.9 Å². The lowest BCUT2D eigenvalue weighted by atomic mass is 10.1. The summed E-state index contributed by atoms with van der Waals surface area (Å²) < 4.78 is 1.56. The Bertz CT molecular complexity index is 1110. The van der Waals surface area contributed by atoms with Gasteiger partial charge >= 0.3 is 0 Å². The smallest absolute Gasteiger partial charge is 0.266 e. The van der Waals surface area contributed by atoms with Crippen molar-refractivity contribution in [2.75, 3.05) is 12.3 Å². The van der Waals surface area contributed by atoms with E-state index in [1.165, 1.54) is 11.8 Å². The fourth-order valence-corrected chi connectivity index (χ4v) is 3.47. The number of aryl methyl sites for hydroxylation is 2. The minimum absolute atomic E-state index is 0.122. The van der Waals surface area contributed by atoms with E-state index >= 15 is 0 Å². The molecule has 1 amide bonds. The number of nitrogens with one attached hydrogen (secondary N) is 1. The van der Waals surface area contributed by atoms with Crippen molar-refractivity contribution in [3.8, 4) is 18.0 Å². The van der Waals surface area contributed by atoms with Crippen LogP contribution in [0.1, 0.15) is 11.1 Å². The molecule has 0 aliphatic heterocycles. The number of hydrogen-bond donors (Lipinski definition) is 1. The first-order valence-corrected chi connectivity index (χ1v) is 9.42. The summed E-state index contributed by atoms with van der Waals surface area (Å²) in [6, 6.07) is 13.0. The molecule has 0 bridgehead atoms. The second-order valence-corrected chi connectivity index (χ2v) is 7.03. The van der Waals surface area contributed by atoms with E-state index < -0.39 is 0 Å². The summed E-state index contributed by atoms with van der Waals surface area (Å²) in [6.07, 6.45) is 5.16. The van der Waals surface area contributed by atoms with Crippen molar-refractivity contribution in [1.82, 2.24) is 14.9 Å². The van der Waals surface area contributed by atoms with Crippen molar-refractivity contribution in [2.45, 2.75) is 19.0 Å². The number of amides is 1. The molecule has 0 aliphatic rings. The van der Waals surface area contributed by atoms with Crippen molar-refractivity contribution >= 4 is 28.6 Å². The summed E-state index contributed by atoms with van der Waals surface area (Å²) in [6.45, 7) is 4.19. The molecule has 27 heavy (non-hydrogen) atoms. The average molecular weight is 377 g/mol. The number of benzene rings is 2. The molecule has 1 aromatic heterocycles. The third kappa shape index (κ3) is 4.04. The van der Waals surface area contributed by atoms with Gasteiger partial charge in [0.05, 0.1) is 28.9 Å². The normalized spacial score (nSPS) is 10.6. The van der Waals surface area contributed by atoms with E-state index in [0.717, 1.165) is 16.8 Å². The summed E-state index contributed by atoms with van der Waals surface area (Å²) in [5.74, 6) is 2.29. The molecule has 0 fully saturated rings. The highest BCUT2D eigenvalue weighted by molar-refractivity contribution is 7.99. The molecule has 0 radical (unpaired) electrons. The van der Waals surface area contributed by atoms with Crippen molar-refractivity contribution in [2.24, 2.45) is 0 Å². The minimum atomic E-state index is -0.202. The number of terminal acetylenes is 1. The van der Waals surface area contributed by atoms with Crippen LogP contribution in [-0.2, 0) is 4.79 Å². The molecule has 0 spiro atoms. The van der Waals surface area contributed by atoms with Gasteiger partial charge in [0, 0.05) is 0 Å². The van der Waals surface area contributed by atoms with E-state index in [1.807, 2.05) is 44.2 Å². The zero-order valence-corrected chi connectivity index (χ0v) is 16.0. The predicted molar refractivity (Wildman–Crippen MR) is 109 cm³/mol. The van der Waals surface area contributed by atoms with Crippen molar-refractivity contribution < 1.29 is 4.79 Å². The maximum atomic E-state index is 13.1. The second-order valence-electron chi connectivity index (χ2n) is 6.09. The Morgan fingerprint density at radius 1 is 1.22 bits per heavy atom. The van der Waals surface area contributed by atoms with Gasteiger partial charge in [-0.3, -0.25) is 14.2 Å². The molecule has 3 rings (SSSR count). The SMILES string of the molecule is C#CCNC(=O)CSc1nc2ccccc2c(=O)n1-c1ccc(C)c(C)c1. The van der Waals surface area contributed by atoms with Crippen molar-refractivity contribution in [3.63, 3.8) is 0 Å². The first kappa shape index (κ1) is 18.7. The molecule has 2 aromatic carbocycles. The third-order valence-corrected chi connectivity index (χ3v) is 5.15. The predicted octanol–water partition coefficient (Wildman–Crippen LogP) is 2.84. The molecule has 5 nitrogen and oxygen atoms in total. The Kier molecular flexibility index (Phi) is 5.63. The number of para-hydroxylation sites is 1. The minimum Gasteiger partial charge on any atom is -0.344 e. The van der Waals surface area contributed by atoms with E-state index in [1.54, 1.807) is 16.7 Å². The Morgan fingerprint density at radius 3 is 2.74 bits per heavy atom. The first-order valence-electron chi connectivity index (χ1n) is 8.43. The number of thioether (sulfide) groups is 1. The molecule has 0 saturated carbocycles. The molecule has 0 aliphatic carbocycles. The third-order valence-electron chi connectivity index (χ3n) is 4.21. The van der Waals surface area contributed by atoms with Crippen LogP contribution in [-0.4, -0.2) is 27.8 Å². The van der Waals surface area contributed by atoms with Gasteiger partial charge in [0.1, 0.15) is 0 Å². The van der Waals surface area contributed by atoms with E-state index in [4.69, 9.17) is 6.42 Å². The summed E-state index contributed by atoms with van der Waals surface area (Å²) in [4.78, 5) is 29.7. The summed E-state index contributed by atoms with van der Waals surface area (Å²) in [5, 5.41) is 3.63. The topological polar surface area (TPSA) is 64.0 Å². The van der Waals surface area contributed by atoms with Gasteiger partial charge in [-0.05, 0) is 49.2 Å². The maximum absolute atomic E-state index is 13.1. The largest absolute Gasteiger partial charge is 0.344 e. The number of nitrogens with zero attached hydrogens (tertiary/aromatic N) is 2. The molecule has 3 aromatic rings. The molecular weight excluding hydrogens is 358 g/mol. The average Bonchev–Trinajstić information content (AvgIpc) is 2.67. The van der Waals surface area contributed by atoms with E-state index in [9.17, 15) is 9.59 Å². The van der Waals surface area contributed by atoms with Crippen LogP contribution in [0.3, 0.4) is 0 Å². The quantitative estimate of drug-likeness (QED) is 0.422. The fraction of sp³-hybridized carbons (Fsp3) is 0.190. The van der Waals surface area contributed by atoms with Gasteiger partial charge in [0.2, 0.25) is 5.91 Å². The lowest BCUT2D eigenvalue weighted by molar-refractivity contribution is -0.118. The van der Waals surface area contributed by atoms with Gasteiger partial charge in [-0.15, -0.1) is 6.42 Å². The Labute approximate surface area is 161 Å². The van der Waals surface area contributed by atoms with E-state index in [0.29, 0.717) is 16.1 Å². The van der Waals surface area contributed by atoms with E-state index in [-0.39, 0.29) is 23.8 Å². The van der Waals surface area contributed by atoms with Crippen LogP contribution in [0.5, 0.6) is 0 Å². The molecule has 6 heteroatoms. The van der Waals surface area contributed by atoms with Crippen LogP contribution in [0, 0.1) is 26.2 Å². The summed E-state index contributed by atoms with van der Waals surface area (Å²) >= 11 is 1.21. The highest BCUT2D eigenvalue weighted by atomic mass is 32.2. The zero-order valence-electron chi connectivity index (χ0n) is 15.2. The van der Waals surface area contributed by atoms with Crippen LogP contribution in [0.15, 0.2) is 52.4 Å². The number of aromatic nitrogens is 2. The lowest BCUT2D eigenvalue weighted by Gasteiger charge is -2.14. The highest BCUT2D eigenvalue weighted by Gasteiger charge is 2.15. The number of carbonyl (C=O) groups is 1. The Balaban J connectivity index is 2.10. The Hall–Kier alpha value is -3.04. The zero-order chi connectivity index (χ0) is 19.4. The fourth-order valence-electron chi connectivity index (χ4n) is 2.63. The number of carbonyl (C=O) groups excluding carboxylic acids is 1. The van der Waals surface area contributed by atoms with Gasteiger partial charge in [-0.25, -0.2) is 4.98 Å². The van der Waals surface area contributed by atoms with Gasteiger partial charge in [0.15, 0.2) is 5.16 Å². The Morgan fingerprint density at radius 2 is 2.00 bits per heavy atom. The molecule has 0 atom stereocenters. The monoisotopic (exact) mass is 377 g/mol.